The number of morpholine rings is 1. The van der Waals surface area contributed by atoms with E-state index in [0.29, 0.717) is 49.0 Å². The third kappa shape index (κ3) is 5.50. The van der Waals surface area contributed by atoms with E-state index < -0.39 is 15.7 Å². The van der Waals surface area contributed by atoms with Gasteiger partial charge >= 0.3 is 0 Å². The van der Waals surface area contributed by atoms with Crippen LogP contribution in [-0.2, 0) is 14.6 Å². The Morgan fingerprint density at radius 1 is 1.25 bits per heavy atom. The maximum absolute atomic E-state index is 12.8. The van der Waals surface area contributed by atoms with Gasteiger partial charge < -0.3 is 19.9 Å². The van der Waals surface area contributed by atoms with Gasteiger partial charge in [0.05, 0.1) is 30.8 Å². The van der Waals surface area contributed by atoms with Crippen molar-refractivity contribution in [2.45, 2.75) is 18.9 Å². The number of anilines is 1. The lowest BCUT2D eigenvalue weighted by Crippen LogP contribution is -2.37. The number of pyridine rings is 2. The first kappa shape index (κ1) is 25.2. The number of fused-ring (bicyclic) bond motifs is 1. The van der Waals surface area contributed by atoms with Crippen molar-refractivity contribution in [3.05, 3.63) is 59.5 Å². The number of carbonyl (C=O) groups excluding carboxylic acids is 1. The van der Waals surface area contributed by atoms with Crippen molar-refractivity contribution in [1.82, 2.24) is 25.3 Å². The van der Waals surface area contributed by atoms with Gasteiger partial charge in [0.1, 0.15) is 5.52 Å². The number of rotatable bonds is 7. The third-order valence-electron chi connectivity index (χ3n) is 5.65. The summed E-state index contributed by atoms with van der Waals surface area (Å²) in [7, 11) is -3.54. The Labute approximate surface area is 209 Å². The van der Waals surface area contributed by atoms with E-state index in [1.807, 2.05) is 13.0 Å². The number of H-pyrrole nitrogens is 1. The first-order valence-electron chi connectivity index (χ1n) is 11.2. The molecule has 0 saturated carbocycles. The largest absolute Gasteiger partial charge is 0.378 e. The molecule has 0 aliphatic carbocycles. The Morgan fingerprint density at radius 3 is 2.69 bits per heavy atom. The highest BCUT2D eigenvalue weighted by atomic mass is 32.2. The summed E-state index contributed by atoms with van der Waals surface area (Å²) >= 11 is 0. The zero-order valence-corrected chi connectivity index (χ0v) is 21.1. The zero-order valence-electron chi connectivity index (χ0n) is 20.3. The van der Waals surface area contributed by atoms with Crippen molar-refractivity contribution in [2.75, 3.05) is 37.5 Å². The van der Waals surface area contributed by atoms with Gasteiger partial charge in [-0.25, -0.2) is 23.4 Å². The topological polar surface area (TPSA) is 143 Å². The van der Waals surface area contributed by atoms with E-state index in [-0.39, 0.29) is 10.6 Å². The van der Waals surface area contributed by atoms with Crippen LogP contribution in [0.15, 0.2) is 58.2 Å². The maximum Gasteiger partial charge on any atom is 0.255 e. The lowest BCUT2D eigenvalue weighted by atomic mass is 10.1. The van der Waals surface area contributed by atoms with E-state index in [2.05, 4.69) is 36.9 Å². The summed E-state index contributed by atoms with van der Waals surface area (Å²) in [5, 5.41) is 2.62. The second-order valence-corrected chi connectivity index (χ2v) is 10.3. The highest BCUT2D eigenvalue weighted by Gasteiger charge is 2.20. The number of nitrogens with one attached hydrogen (secondary N) is 2. The van der Waals surface area contributed by atoms with E-state index in [1.54, 1.807) is 19.3 Å². The predicted molar refractivity (Wildman–Crippen MR) is 138 cm³/mol. The zero-order chi connectivity index (χ0) is 25.9. The lowest BCUT2D eigenvalue weighted by molar-refractivity contribution is 0.0965. The highest BCUT2D eigenvalue weighted by molar-refractivity contribution is 7.90. The molecule has 0 bridgehead atoms. The fourth-order valence-corrected chi connectivity index (χ4v) is 4.36. The molecule has 0 aromatic carbocycles. The average Bonchev–Trinajstić information content (AvgIpc) is 3.35. The molecule has 12 heteroatoms. The van der Waals surface area contributed by atoms with Gasteiger partial charge in [-0.3, -0.25) is 9.79 Å². The molecular formula is C24H27N7O4S. The number of hydrogen-bond acceptors (Lipinski definition) is 9. The van der Waals surface area contributed by atoms with Gasteiger partial charge in [-0.2, -0.15) is 0 Å². The highest BCUT2D eigenvalue weighted by Crippen LogP contribution is 2.29. The van der Waals surface area contributed by atoms with Crippen molar-refractivity contribution < 1.29 is 17.9 Å². The van der Waals surface area contributed by atoms with E-state index in [4.69, 9.17) is 9.72 Å². The van der Waals surface area contributed by atoms with Crippen molar-refractivity contribution in [2.24, 2.45) is 4.99 Å². The number of nitrogens with zero attached hydrogens (tertiary/aromatic N) is 5. The fourth-order valence-electron chi connectivity index (χ4n) is 3.77. The van der Waals surface area contributed by atoms with E-state index in [0.717, 1.165) is 23.1 Å². The number of sulfone groups is 1. The molecule has 3 aromatic heterocycles. The number of allylic oxidation sites excluding steroid dienone is 4. The van der Waals surface area contributed by atoms with Crippen LogP contribution in [-0.4, -0.2) is 73.5 Å². The van der Waals surface area contributed by atoms with Crippen LogP contribution in [0.3, 0.4) is 0 Å². The number of aromatic amines is 1. The summed E-state index contributed by atoms with van der Waals surface area (Å²) in [5.41, 5.74) is 4.18. The summed E-state index contributed by atoms with van der Waals surface area (Å²) in [5.74, 6) is 0.271. The summed E-state index contributed by atoms with van der Waals surface area (Å²) in [4.78, 5) is 35.4. The minimum absolute atomic E-state index is 0.170. The van der Waals surface area contributed by atoms with Gasteiger partial charge in [0, 0.05) is 48.1 Å². The summed E-state index contributed by atoms with van der Waals surface area (Å²) < 4.78 is 29.1. The van der Waals surface area contributed by atoms with Crippen LogP contribution in [0.2, 0.25) is 0 Å². The third-order valence-corrected chi connectivity index (χ3v) is 6.63. The van der Waals surface area contributed by atoms with Gasteiger partial charge in [-0.05, 0) is 44.8 Å². The fraction of sp³-hybridized carbons (Fsp3) is 0.292. The first-order valence-corrected chi connectivity index (χ1v) is 13.1. The van der Waals surface area contributed by atoms with Gasteiger partial charge in [-0.15, -0.1) is 0 Å². The molecule has 0 unspecified atom stereocenters. The Morgan fingerprint density at radius 2 is 2.00 bits per heavy atom. The molecule has 3 aromatic rings. The Balaban J connectivity index is 1.69. The molecule has 1 aliphatic rings. The molecule has 1 fully saturated rings. The van der Waals surface area contributed by atoms with Crippen LogP contribution in [0.4, 0.5) is 5.82 Å². The van der Waals surface area contributed by atoms with Crippen molar-refractivity contribution in [3.63, 3.8) is 0 Å². The molecule has 36 heavy (non-hydrogen) atoms. The lowest BCUT2D eigenvalue weighted by Gasteiger charge is -2.28. The van der Waals surface area contributed by atoms with Crippen molar-refractivity contribution in [3.8, 4) is 0 Å². The number of aliphatic imine (C=N–C) groups is 1. The molecule has 11 nitrogen and oxygen atoms in total. The molecule has 188 valence electrons. The van der Waals surface area contributed by atoms with E-state index in [9.17, 15) is 13.2 Å². The molecule has 1 aliphatic heterocycles. The number of hydrogen-bond donors (Lipinski definition) is 2. The van der Waals surface area contributed by atoms with Crippen molar-refractivity contribution >= 4 is 44.9 Å². The van der Waals surface area contributed by atoms with Crippen LogP contribution < -0.4 is 10.2 Å². The predicted octanol–water partition coefficient (Wildman–Crippen LogP) is 2.36. The number of ether oxygens (including phenoxy) is 1. The van der Waals surface area contributed by atoms with Crippen molar-refractivity contribution in [1.29, 1.82) is 0 Å². The number of carbonyl (C=O) groups is 1. The minimum Gasteiger partial charge on any atom is -0.378 e. The molecule has 4 rings (SSSR count). The Kier molecular flexibility index (Phi) is 7.27. The number of imidazole rings is 1. The van der Waals surface area contributed by atoms with E-state index >= 15 is 0 Å². The first-order chi connectivity index (χ1) is 17.2. The standard InChI is InChI=1S/C24H27N7O4S/c1-15(29-24(32)17-5-6-26-21(12-17)36(4,33)34)11-18(16(2)25-3)19-13-20-22(28-14-27-20)23(30-19)31-7-9-35-10-8-31/h5-6,11-14H,3,7-10H2,1-2,4H3,(H,27,28)(H,29,32)/b15-11+,18-16+. The van der Waals surface area contributed by atoms with E-state index in [1.165, 1.54) is 18.3 Å². The van der Waals surface area contributed by atoms with Crippen LogP contribution in [0, 0.1) is 0 Å². The summed E-state index contributed by atoms with van der Waals surface area (Å²) in [6.07, 6.45) is 5.72. The van der Waals surface area contributed by atoms with Crippen LogP contribution >= 0.6 is 0 Å². The average molecular weight is 510 g/mol. The molecule has 1 amide bonds. The number of aromatic nitrogens is 4. The SMILES string of the molecule is C=N/C(C)=C(\C=C(/C)NC(=O)c1ccnc(S(C)(=O)=O)c1)c1cc2[nH]cnc2c(N2CCOCC2)n1. The second kappa shape index (κ2) is 10.4. The molecule has 0 spiro atoms. The summed E-state index contributed by atoms with van der Waals surface area (Å²) in [6, 6.07) is 4.57. The van der Waals surface area contributed by atoms with Crippen LogP contribution in [0.1, 0.15) is 29.9 Å². The maximum atomic E-state index is 12.8. The Hall–Kier alpha value is -3.90. The molecular weight excluding hydrogens is 482 g/mol. The normalized spacial score (nSPS) is 15.5. The van der Waals surface area contributed by atoms with Gasteiger partial charge in [-0.1, -0.05) is 0 Å². The smallest absolute Gasteiger partial charge is 0.255 e. The molecule has 0 radical (unpaired) electrons. The summed E-state index contributed by atoms with van der Waals surface area (Å²) in [6.45, 7) is 9.80. The molecule has 2 N–H and O–H groups in total. The molecule has 4 heterocycles. The Bertz CT molecular complexity index is 1490. The van der Waals surface area contributed by atoms with Crippen LogP contribution in [0.5, 0.6) is 0 Å². The monoisotopic (exact) mass is 509 g/mol. The molecule has 1 saturated heterocycles. The van der Waals surface area contributed by atoms with Crippen LogP contribution in [0.25, 0.3) is 16.6 Å². The molecule has 0 atom stereocenters. The van der Waals surface area contributed by atoms with Gasteiger partial charge in [0.2, 0.25) is 0 Å². The quantitative estimate of drug-likeness (QED) is 0.365. The number of amides is 1. The van der Waals surface area contributed by atoms with Gasteiger partial charge in [0.25, 0.3) is 5.91 Å². The van der Waals surface area contributed by atoms with Gasteiger partial charge in [0.15, 0.2) is 20.7 Å². The minimum atomic E-state index is -3.54. The second-order valence-electron chi connectivity index (χ2n) is 8.32.